The van der Waals surface area contributed by atoms with Gasteiger partial charge in [-0.1, -0.05) is 12.1 Å². The average Bonchev–Trinajstić information content (AvgIpc) is 2.48. The molecule has 1 N–H and O–H groups in total. The van der Waals surface area contributed by atoms with Crippen molar-refractivity contribution in [3.8, 4) is 0 Å². The second-order valence-electron chi connectivity index (χ2n) is 5.33. The van der Waals surface area contributed by atoms with E-state index in [0.29, 0.717) is 6.04 Å². The largest absolute Gasteiger partial charge is 0.382 e. The van der Waals surface area contributed by atoms with Crippen molar-refractivity contribution in [3.05, 3.63) is 36.7 Å². The fourth-order valence-electron chi connectivity index (χ4n) is 2.81. The summed E-state index contributed by atoms with van der Waals surface area (Å²) in [6.45, 7) is 3.34. The molecular weight excluding hydrogens is 250 g/mol. The van der Waals surface area contributed by atoms with Crippen LogP contribution in [0.15, 0.2) is 36.7 Å². The highest BCUT2D eigenvalue weighted by Gasteiger charge is 2.20. The Morgan fingerprint density at radius 3 is 2.85 bits per heavy atom. The molecule has 3 rings (SSSR count). The van der Waals surface area contributed by atoms with Crippen molar-refractivity contribution in [1.82, 2.24) is 9.88 Å². The minimum Gasteiger partial charge on any atom is -0.382 e. The van der Waals surface area contributed by atoms with Crippen molar-refractivity contribution in [2.45, 2.75) is 25.8 Å². The van der Waals surface area contributed by atoms with Crippen LogP contribution in [0.3, 0.4) is 0 Å². The molecule has 20 heavy (non-hydrogen) atoms. The van der Waals surface area contributed by atoms with Crippen molar-refractivity contribution < 1.29 is 4.79 Å². The Balaban J connectivity index is 1.73. The summed E-state index contributed by atoms with van der Waals surface area (Å²) in [5.74, 6) is 0.180. The quantitative estimate of drug-likeness (QED) is 0.911. The maximum atomic E-state index is 11.3. The molecule has 2 aromatic rings. The first-order valence-electron chi connectivity index (χ1n) is 7.09. The lowest BCUT2D eigenvalue weighted by atomic mass is 10.0. The highest BCUT2D eigenvalue weighted by molar-refractivity contribution is 5.93. The van der Waals surface area contributed by atoms with Crippen LogP contribution in [0.25, 0.3) is 10.8 Å². The number of pyridine rings is 1. The molecule has 1 aromatic carbocycles. The van der Waals surface area contributed by atoms with Gasteiger partial charge in [-0.15, -0.1) is 0 Å². The number of aromatic nitrogens is 1. The third-order valence-electron chi connectivity index (χ3n) is 3.98. The molecule has 4 nitrogen and oxygen atoms in total. The van der Waals surface area contributed by atoms with E-state index >= 15 is 0 Å². The summed E-state index contributed by atoms with van der Waals surface area (Å²) >= 11 is 0. The van der Waals surface area contributed by atoms with E-state index in [2.05, 4.69) is 28.5 Å². The number of anilines is 1. The van der Waals surface area contributed by atoms with Crippen molar-refractivity contribution >= 4 is 22.4 Å². The highest BCUT2D eigenvalue weighted by Crippen LogP contribution is 2.24. The van der Waals surface area contributed by atoms with Gasteiger partial charge in [0.25, 0.3) is 0 Å². The monoisotopic (exact) mass is 269 g/mol. The van der Waals surface area contributed by atoms with Gasteiger partial charge in [-0.25, -0.2) is 0 Å². The second kappa shape index (κ2) is 5.49. The third-order valence-corrected chi connectivity index (χ3v) is 3.98. The molecule has 0 aliphatic carbocycles. The number of rotatable bonds is 2. The Kier molecular flexibility index (Phi) is 3.54. The summed E-state index contributed by atoms with van der Waals surface area (Å²) < 4.78 is 0. The summed E-state index contributed by atoms with van der Waals surface area (Å²) in [5.41, 5.74) is 1.16. The number of benzene rings is 1. The SMILES string of the molecule is CC(=O)N1CCC(Nc2cccc3cnccc23)CC1. The summed E-state index contributed by atoms with van der Waals surface area (Å²) in [5, 5.41) is 5.97. The Hall–Kier alpha value is -2.10. The molecule has 0 atom stereocenters. The molecule has 1 aromatic heterocycles. The molecule has 1 saturated heterocycles. The summed E-state index contributed by atoms with van der Waals surface area (Å²) in [7, 11) is 0. The molecule has 0 radical (unpaired) electrons. The molecule has 0 bridgehead atoms. The summed E-state index contributed by atoms with van der Waals surface area (Å²) in [6, 6.07) is 8.72. The number of piperidine rings is 1. The van der Waals surface area contributed by atoms with Gasteiger partial charge < -0.3 is 10.2 Å². The molecule has 104 valence electrons. The summed E-state index contributed by atoms with van der Waals surface area (Å²) in [4.78, 5) is 17.4. The van der Waals surface area contributed by atoms with Crippen LogP contribution in [-0.4, -0.2) is 34.9 Å². The Morgan fingerprint density at radius 2 is 2.10 bits per heavy atom. The van der Waals surface area contributed by atoms with E-state index in [4.69, 9.17) is 0 Å². The number of fused-ring (bicyclic) bond motifs is 1. The van der Waals surface area contributed by atoms with Crippen molar-refractivity contribution in [2.75, 3.05) is 18.4 Å². The molecule has 1 amide bonds. The molecule has 1 aliphatic rings. The fraction of sp³-hybridized carbons (Fsp3) is 0.375. The molecule has 1 fully saturated rings. The topological polar surface area (TPSA) is 45.2 Å². The molecule has 4 heteroatoms. The van der Waals surface area contributed by atoms with Gasteiger partial charge >= 0.3 is 0 Å². The molecule has 0 spiro atoms. The first kappa shape index (κ1) is 12.9. The number of amides is 1. The van der Waals surface area contributed by atoms with Crippen LogP contribution in [0.2, 0.25) is 0 Å². The number of carbonyl (C=O) groups excluding carboxylic acids is 1. The molecule has 0 saturated carbocycles. The standard InChI is InChI=1S/C16H19N3O/c1-12(20)19-9-6-14(7-10-19)18-16-4-2-3-13-11-17-8-5-15(13)16/h2-5,8,11,14,18H,6-7,9-10H2,1H3. The summed E-state index contributed by atoms with van der Waals surface area (Å²) in [6.07, 6.45) is 5.72. The van der Waals surface area contributed by atoms with Crippen molar-refractivity contribution in [1.29, 1.82) is 0 Å². The Morgan fingerprint density at radius 1 is 1.30 bits per heavy atom. The molecular formula is C16H19N3O. The Bertz CT molecular complexity index is 613. The molecule has 1 aliphatic heterocycles. The lowest BCUT2D eigenvalue weighted by Gasteiger charge is -2.32. The van der Waals surface area contributed by atoms with Gasteiger partial charge in [-0.2, -0.15) is 0 Å². The van der Waals surface area contributed by atoms with Crippen LogP contribution < -0.4 is 5.32 Å². The fourth-order valence-corrected chi connectivity index (χ4v) is 2.81. The van der Waals surface area contributed by atoms with Gasteiger partial charge in [0.15, 0.2) is 0 Å². The second-order valence-corrected chi connectivity index (χ2v) is 5.33. The van der Waals surface area contributed by atoms with Crippen LogP contribution in [-0.2, 0) is 4.79 Å². The van der Waals surface area contributed by atoms with E-state index < -0.39 is 0 Å². The number of hydrogen-bond donors (Lipinski definition) is 1. The Labute approximate surface area is 118 Å². The maximum absolute atomic E-state index is 11.3. The molecule has 0 unspecified atom stereocenters. The van der Waals surface area contributed by atoms with E-state index in [1.165, 1.54) is 5.39 Å². The zero-order chi connectivity index (χ0) is 13.9. The minimum absolute atomic E-state index is 0.180. The lowest BCUT2D eigenvalue weighted by molar-refractivity contribution is -0.129. The number of carbonyl (C=O) groups is 1. The van der Waals surface area contributed by atoms with Crippen LogP contribution in [0.1, 0.15) is 19.8 Å². The first-order chi connectivity index (χ1) is 9.74. The predicted molar refractivity (Wildman–Crippen MR) is 80.6 cm³/mol. The minimum atomic E-state index is 0.180. The van der Waals surface area contributed by atoms with Crippen LogP contribution >= 0.6 is 0 Å². The van der Waals surface area contributed by atoms with E-state index in [1.807, 2.05) is 23.4 Å². The highest BCUT2D eigenvalue weighted by atomic mass is 16.2. The van der Waals surface area contributed by atoms with Gasteiger partial charge in [0.1, 0.15) is 0 Å². The van der Waals surface area contributed by atoms with E-state index in [-0.39, 0.29) is 5.91 Å². The van der Waals surface area contributed by atoms with Crippen LogP contribution in [0.4, 0.5) is 5.69 Å². The van der Waals surface area contributed by atoms with Gasteiger partial charge in [0.2, 0.25) is 5.91 Å². The first-order valence-corrected chi connectivity index (χ1v) is 7.09. The van der Waals surface area contributed by atoms with Crippen molar-refractivity contribution in [3.63, 3.8) is 0 Å². The smallest absolute Gasteiger partial charge is 0.219 e. The van der Waals surface area contributed by atoms with Gasteiger partial charge in [0, 0.05) is 54.9 Å². The van der Waals surface area contributed by atoms with E-state index in [1.54, 1.807) is 6.92 Å². The zero-order valence-corrected chi connectivity index (χ0v) is 11.7. The van der Waals surface area contributed by atoms with E-state index in [0.717, 1.165) is 37.0 Å². The normalized spacial score (nSPS) is 16.4. The maximum Gasteiger partial charge on any atom is 0.219 e. The van der Waals surface area contributed by atoms with Gasteiger partial charge in [-0.3, -0.25) is 9.78 Å². The number of nitrogens with one attached hydrogen (secondary N) is 1. The lowest BCUT2D eigenvalue weighted by Crippen LogP contribution is -2.41. The third kappa shape index (κ3) is 2.59. The predicted octanol–water partition coefficient (Wildman–Crippen LogP) is 2.66. The number of likely N-dealkylation sites (tertiary alicyclic amines) is 1. The zero-order valence-electron chi connectivity index (χ0n) is 11.7. The van der Waals surface area contributed by atoms with E-state index in [9.17, 15) is 4.79 Å². The van der Waals surface area contributed by atoms with Gasteiger partial charge in [-0.05, 0) is 25.0 Å². The average molecular weight is 269 g/mol. The number of nitrogens with zero attached hydrogens (tertiary/aromatic N) is 2. The van der Waals surface area contributed by atoms with Crippen molar-refractivity contribution in [2.24, 2.45) is 0 Å². The molecule has 2 heterocycles. The number of hydrogen-bond acceptors (Lipinski definition) is 3. The van der Waals surface area contributed by atoms with Crippen LogP contribution in [0.5, 0.6) is 0 Å². The van der Waals surface area contributed by atoms with Crippen LogP contribution in [0, 0.1) is 0 Å². The van der Waals surface area contributed by atoms with Gasteiger partial charge in [0.05, 0.1) is 0 Å².